The number of hydrogen-bond donors (Lipinski definition) is 4. The highest BCUT2D eigenvalue weighted by Gasteiger charge is 2.12. The number of aromatic nitrogens is 6. The van der Waals surface area contributed by atoms with Crippen LogP contribution in [0.25, 0.3) is 21.5 Å². The van der Waals surface area contributed by atoms with Crippen molar-refractivity contribution in [3.05, 3.63) is 179 Å². The summed E-state index contributed by atoms with van der Waals surface area (Å²) in [5.74, 6) is -0.687. The number of carboxylic acids is 2. The van der Waals surface area contributed by atoms with Crippen molar-refractivity contribution in [1.29, 1.82) is 0 Å². The fraction of sp³-hybridized carbons (Fsp3) is 0.0909. The second-order valence-corrected chi connectivity index (χ2v) is 13.6. The van der Waals surface area contributed by atoms with Gasteiger partial charge in [-0.25, -0.2) is 0 Å². The van der Waals surface area contributed by atoms with Gasteiger partial charge in [0.2, 0.25) is 0 Å². The third kappa shape index (κ3) is 11.7. The van der Waals surface area contributed by atoms with Crippen molar-refractivity contribution in [3.63, 3.8) is 0 Å². The average Bonchev–Trinajstić information content (AvgIpc) is 3.25. The number of carboxylic acid groups (broad SMARTS) is 2. The molecule has 0 aliphatic carbocycles. The Morgan fingerprint density at radius 1 is 0.466 bits per heavy atom. The van der Waals surface area contributed by atoms with E-state index in [9.17, 15) is 9.59 Å². The van der Waals surface area contributed by atoms with Crippen LogP contribution in [0.2, 0.25) is 10.0 Å². The summed E-state index contributed by atoms with van der Waals surface area (Å²) in [6.07, 6.45) is 8.02. The maximum Gasteiger partial charge on any atom is 0.303 e. The predicted molar refractivity (Wildman–Crippen MR) is 227 cm³/mol. The normalized spacial score (nSPS) is 10.4. The molecule has 8 aromatic rings. The van der Waals surface area contributed by atoms with Crippen molar-refractivity contribution in [3.8, 4) is 0 Å². The zero-order valence-corrected chi connectivity index (χ0v) is 32.3. The molecule has 0 aliphatic heterocycles. The summed E-state index contributed by atoms with van der Waals surface area (Å²) in [5.41, 5.74) is 6.06. The highest BCUT2D eigenvalue weighted by molar-refractivity contribution is 6.31. The number of hydrogen-bond acceptors (Lipinski definition) is 10. The van der Waals surface area contributed by atoms with Gasteiger partial charge in [-0.05, 0) is 83.9 Å². The molecular formula is C44H36Cl2N8O4. The van der Waals surface area contributed by atoms with Crippen LogP contribution < -0.4 is 10.6 Å². The van der Waals surface area contributed by atoms with Crippen LogP contribution in [0.3, 0.4) is 0 Å². The maximum atomic E-state index is 9.64. The molecule has 14 heteroatoms. The summed E-state index contributed by atoms with van der Waals surface area (Å²) in [5, 5.41) is 45.8. The SMILES string of the molecule is Clc1ccc(Nc2nnc(Cc3ccncc3)c3ccccc23)cc1.Clc1ccc(Nc2nnc(Cc3ccncc3)c3ccccc23)cc1.O=C(O)CCC(=O)O. The molecule has 12 nitrogen and oxygen atoms in total. The minimum Gasteiger partial charge on any atom is -0.481 e. The van der Waals surface area contributed by atoms with Crippen LogP contribution >= 0.6 is 23.2 Å². The molecule has 0 saturated carbocycles. The zero-order valence-electron chi connectivity index (χ0n) is 30.8. The number of anilines is 4. The summed E-state index contributed by atoms with van der Waals surface area (Å²) >= 11 is 11.9. The fourth-order valence-electron chi connectivity index (χ4n) is 5.71. The lowest BCUT2D eigenvalue weighted by molar-refractivity contribution is -0.143. The van der Waals surface area contributed by atoms with Crippen LogP contribution in [0.15, 0.2) is 146 Å². The van der Waals surface area contributed by atoms with Crippen molar-refractivity contribution < 1.29 is 19.8 Å². The first-order chi connectivity index (χ1) is 28.2. The summed E-state index contributed by atoms with van der Waals surface area (Å²) in [6, 6.07) is 39.4. The van der Waals surface area contributed by atoms with Crippen molar-refractivity contribution in [2.75, 3.05) is 10.6 Å². The van der Waals surface area contributed by atoms with E-state index in [4.69, 9.17) is 33.4 Å². The van der Waals surface area contributed by atoms with Crippen molar-refractivity contribution in [1.82, 2.24) is 30.4 Å². The quantitative estimate of drug-likeness (QED) is 0.0974. The number of fused-ring (bicyclic) bond motifs is 2. The van der Waals surface area contributed by atoms with Gasteiger partial charge in [0, 0.05) is 80.6 Å². The number of aliphatic carboxylic acids is 2. The van der Waals surface area contributed by atoms with Crippen LogP contribution in [0.4, 0.5) is 23.0 Å². The lowest BCUT2D eigenvalue weighted by atomic mass is 10.0. The van der Waals surface area contributed by atoms with Gasteiger partial charge in [0.1, 0.15) is 0 Å². The van der Waals surface area contributed by atoms with Crippen molar-refractivity contribution in [2.24, 2.45) is 0 Å². The minimum atomic E-state index is -1.08. The Morgan fingerprint density at radius 3 is 1.16 bits per heavy atom. The van der Waals surface area contributed by atoms with Crippen LogP contribution in [0, 0.1) is 0 Å². The fourth-order valence-corrected chi connectivity index (χ4v) is 5.96. The molecule has 0 atom stereocenters. The van der Waals surface area contributed by atoms with E-state index in [0.717, 1.165) is 79.9 Å². The second kappa shape index (κ2) is 20.2. The first-order valence-electron chi connectivity index (χ1n) is 18.0. The third-order valence-electron chi connectivity index (χ3n) is 8.54. The number of rotatable bonds is 11. The van der Waals surface area contributed by atoms with Crippen LogP contribution in [-0.4, -0.2) is 52.5 Å². The van der Waals surface area contributed by atoms with E-state index in [-0.39, 0.29) is 12.8 Å². The molecule has 4 heterocycles. The number of benzene rings is 4. The molecule has 4 aromatic heterocycles. The Bertz CT molecular complexity index is 2420. The van der Waals surface area contributed by atoms with E-state index < -0.39 is 11.9 Å². The number of pyridine rings is 2. The number of carbonyl (C=O) groups is 2. The van der Waals surface area contributed by atoms with Gasteiger partial charge in [0.05, 0.1) is 24.2 Å². The molecule has 0 aliphatic rings. The molecular weight excluding hydrogens is 775 g/mol. The van der Waals surface area contributed by atoms with Gasteiger partial charge in [-0.1, -0.05) is 71.7 Å². The Kier molecular flexibility index (Phi) is 14.2. The summed E-state index contributed by atoms with van der Waals surface area (Å²) in [6.45, 7) is 0. The molecule has 0 spiro atoms. The molecule has 0 fully saturated rings. The first-order valence-corrected chi connectivity index (χ1v) is 18.7. The summed E-state index contributed by atoms with van der Waals surface area (Å²) < 4.78 is 0. The Labute approximate surface area is 343 Å². The topological polar surface area (TPSA) is 176 Å². The first kappa shape index (κ1) is 40.6. The Hall–Kier alpha value is -7.02. The second-order valence-electron chi connectivity index (χ2n) is 12.7. The highest BCUT2D eigenvalue weighted by atomic mass is 35.5. The third-order valence-corrected chi connectivity index (χ3v) is 9.04. The van der Waals surface area contributed by atoms with Crippen molar-refractivity contribution in [2.45, 2.75) is 25.7 Å². The van der Waals surface area contributed by atoms with Gasteiger partial charge in [-0.3, -0.25) is 19.6 Å². The van der Waals surface area contributed by atoms with Gasteiger partial charge < -0.3 is 20.8 Å². The molecule has 0 amide bonds. The lowest BCUT2D eigenvalue weighted by Gasteiger charge is -2.11. The average molecular weight is 812 g/mol. The zero-order chi connectivity index (χ0) is 40.7. The molecule has 0 saturated heterocycles. The van der Waals surface area contributed by atoms with Gasteiger partial charge in [0.25, 0.3) is 0 Å². The number of halogens is 2. The number of nitrogens with one attached hydrogen (secondary N) is 2. The highest BCUT2D eigenvalue weighted by Crippen LogP contribution is 2.29. The molecule has 4 aromatic carbocycles. The predicted octanol–water partition coefficient (Wildman–Crippen LogP) is 9.96. The van der Waals surface area contributed by atoms with Gasteiger partial charge in [-0.2, -0.15) is 10.2 Å². The van der Waals surface area contributed by atoms with E-state index in [2.05, 4.69) is 65.3 Å². The van der Waals surface area contributed by atoms with E-state index in [1.54, 1.807) is 24.8 Å². The summed E-state index contributed by atoms with van der Waals surface area (Å²) in [7, 11) is 0. The van der Waals surface area contributed by atoms with Crippen molar-refractivity contribution >= 4 is 79.7 Å². The molecule has 290 valence electrons. The molecule has 0 bridgehead atoms. The largest absolute Gasteiger partial charge is 0.481 e. The Balaban J connectivity index is 0.000000165. The monoisotopic (exact) mass is 810 g/mol. The van der Waals surface area contributed by atoms with E-state index in [1.807, 2.05) is 97.1 Å². The maximum absolute atomic E-state index is 9.64. The standard InChI is InChI=1S/2C20H15ClN4.C4H6O4/c2*21-15-5-7-16(8-6-15)23-20-18-4-2-1-3-17(18)19(24-25-20)13-14-9-11-22-12-10-14;5-3(6)1-2-4(7)8/h2*1-12H,13H2,(H,23,25);1-2H2,(H,5,6)(H,7,8). The lowest BCUT2D eigenvalue weighted by Crippen LogP contribution is -2.02. The Morgan fingerprint density at radius 2 is 0.810 bits per heavy atom. The van der Waals surface area contributed by atoms with Gasteiger partial charge in [0.15, 0.2) is 11.6 Å². The van der Waals surface area contributed by atoms with Gasteiger partial charge >= 0.3 is 11.9 Å². The van der Waals surface area contributed by atoms with E-state index in [1.165, 1.54) is 0 Å². The molecule has 0 radical (unpaired) electrons. The van der Waals surface area contributed by atoms with Gasteiger partial charge in [-0.15, -0.1) is 10.2 Å². The molecule has 0 unspecified atom stereocenters. The minimum absolute atomic E-state index is 0.296. The van der Waals surface area contributed by atoms with Crippen LogP contribution in [-0.2, 0) is 22.4 Å². The summed E-state index contributed by atoms with van der Waals surface area (Å²) in [4.78, 5) is 27.4. The van der Waals surface area contributed by atoms with Crippen LogP contribution in [0.1, 0.15) is 35.4 Å². The molecule has 4 N–H and O–H groups in total. The number of nitrogens with zero attached hydrogens (tertiary/aromatic N) is 6. The molecule has 58 heavy (non-hydrogen) atoms. The smallest absolute Gasteiger partial charge is 0.303 e. The molecule has 8 rings (SSSR count). The van der Waals surface area contributed by atoms with Crippen LogP contribution in [0.5, 0.6) is 0 Å². The van der Waals surface area contributed by atoms with E-state index in [0.29, 0.717) is 10.0 Å². The van der Waals surface area contributed by atoms with E-state index >= 15 is 0 Å².